The van der Waals surface area contributed by atoms with E-state index in [1.54, 1.807) is 18.2 Å². The largest absolute Gasteiger partial charge is 1.00 e. The third kappa shape index (κ3) is 3.80. The van der Waals surface area contributed by atoms with Crippen LogP contribution < -0.4 is 29.6 Å². The quantitative estimate of drug-likeness (QED) is 0.587. The molecule has 0 bridgehead atoms. The van der Waals surface area contributed by atoms with E-state index in [1.807, 2.05) is 12.1 Å². The summed E-state index contributed by atoms with van der Waals surface area (Å²) < 4.78 is 33.7. The number of benzene rings is 2. The number of fused-ring (bicyclic) bond motifs is 1. The summed E-state index contributed by atoms with van der Waals surface area (Å²) in [6.45, 7) is 4.21. The van der Waals surface area contributed by atoms with E-state index in [9.17, 15) is 13.0 Å². The average Bonchev–Trinajstić information content (AvgIpc) is 2.27. The van der Waals surface area contributed by atoms with Gasteiger partial charge in [0.15, 0.2) is 0 Å². The van der Waals surface area contributed by atoms with Crippen LogP contribution in [0.3, 0.4) is 0 Å². The molecule has 0 N–H and O–H groups in total. The van der Waals surface area contributed by atoms with Crippen molar-refractivity contribution in [3.05, 3.63) is 42.0 Å². The van der Waals surface area contributed by atoms with E-state index in [2.05, 4.69) is 13.8 Å². The Balaban J connectivity index is 0.00000180. The zero-order valence-electron chi connectivity index (χ0n) is 11.4. The minimum Gasteiger partial charge on any atom is -0.744 e. The first-order valence-corrected chi connectivity index (χ1v) is 7.27. The molecular weight excluding hydrogens is 271 g/mol. The minimum atomic E-state index is -4.42. The van der Waals surface area contributed by atoms with Gasteiger partial charge in [-0.05, 0) is 34.7 Å². The second-order valence-electron chi connectivity index (χ2n) is 4.82. The summed E-state index contributed by atoms with van der Waals surface area (Å²) >= 11 is 0. The van der Waals surface area contributed by atoms with Crippen molar-refractivity contribution in [1.82, 2.24) is 0 Å². The maximum Gasteiger partial charge on any atom is 1.00 e. The predicted octanol–water partition coefficient (Wildman–Crippen LogP) is -0.0536. The molecule has 0 spiro atoms. The van der Waals surface area contributed by atoms with Crippen LogP contribution >= 0.6 is 0 Å². The summed E-state index contributed by atoms with van der Waals surface area (Å²) in [5, 5.41) is 1.37. The summed E-state index contributed by atoms with van der Waals surface area (Å²) in [5.74, 6) is 0.475. The molecule has 0 aliphatic carbocycles. The van der Waals surface area contributed by atoms with Gasteiger partial charge in [0.2, 0.25) is 0 Å². The van der Waals surface area contributed by atoms with Crippen molar-refractivity contribution in [2.75, 3.05) is 0 Å². The molecule has 0 saturated heterocycles. The van der Waals surface area contributed by atoms with E-state index < -0.39 is 10.1 Å². The molecule has 0 heterocycles. The average molecular weight is 286 g/mol. The van der Waals surface area contributed by atoms with Gasteiger partial charge in [-0.15, -0.1) is 0 Å². The molecule has 3 nitrogen and oxygen atoms in total. The van der Waals surface area contributed by atoms with Crippen LogP contribution in [0.15, 0.2) is 41.3 Å². The molecule has 0 amide bonds. The first-order chi connectivity index (χ1) is 8.39. The molecule has 0 fully saturated rings. The molecule has 0 saturated carbocycles. The van der Waals surface area contributed by atoms with Gasteiger partial charge >= 0.3 is 29.6 Å². The zero-order chi connectivity index (χ0) is 13.3. The summed E-state index contributed by atoms with van der Waals surface area (Å²) in [6, 6.07) is 10.3. The third-order valence-corrected chi connectivity index (χ3v) is 3.77. The SMILES string of the molecule is CC(C)Cc1ccc(S(=O)(=O)[O-])c2ccccc12.[Na+]. The van der Waals surface area contributed by atoms with Crippen molar-refractivity contribution < 1.29 is 42.5 Å². The first kappa shape index (κ1) is 16.7. The fraction of sp³-hybridized carbons (Fsp3) is 0.286. The van der Waals surface area contributed by atoms with Crippen molar-refractivity contribution in [3.8, 4) is 0 Å². The van der Waals surface area contributed by atoms with Crippen LogP contribution in [0.5, 0.6) is 0 Å². The van der Waals surface area contributed by atoms with Crippen LogP contribution in [0.1, 0.15) is 19.4 Å². The Morgan fingerprint density at radius 1 is 1.05 bits per heavy atom. The Morgan fingerprint density at radius 3 is 2.16 bits per heavy atom. The maximum absolute atomic E-state index is 11.2. The molecule has 2 aromatic rings. The van der Waals surface area contributed by atoms with Gasteiger partial charge in [0, 0.05) is 0 Å². The molecule has 0 atom stereocenters. The standard InChI is InChI=1S/C14H16O3S.Na/c1-10(2)9-11-7-8-14(18(15,16)17)13-6-4-3-5-12(11)13;/h3-8,10H,9H2,1-2H3,(H,15,16,17);/q;+1/p-1. The van der Waals surface area contributed by atoms with Crippen molar-refractivity contribution in [1.29, 1.82) is 0 Å². The van der Waals surface area contributed by atoms with Gasteiger partial charge in [-0.1, -0.05) is 44.2 Å². The Bertz CT molecular complexity index is 678. The Kier molecular flexibility index (Phi) is 5.59. The molecular formula is C14H15NaO3S. The van der Waals surface area contributed by atoms with Gasteiger partial charge < -0.3 is 4.55 Å². The fourth-order valence-electron chi connectivity index (χ4n) is 2.17. The van der Waals surface area contributed by atoms with Gasteiger partial charge in [0.05, 0.1) is 4.90 Å². The Labute approximate surface area is 136 Å². The van der Waals surface area contributed by atoms with Crippen LogP contribution in [0, 0.1) is 5.92 Å². The van der Waals surface area contributed by atoms with Gasteiger partial charge in [-0.2, -0.15) is 0 Å². The van der Waals surface area contributed by atoms with Crippen molar-refractivity contribution in [2.45, 2.75) is 25.2 Å². The van der Waals surface area contributed by atoms with Crippen LogP contribution in [0.25, 0.3) is 10.8 Å². The van der Waals surface area contributed by atoms with Crippen LogP contribution in [-0.4, -0.2) is 13.0 Å². The first-order valence-electron chi connectivity index (χ1n) is 5.86. The molecule has 0 aliphatic heterocycles. The molecule has 0 aromatic heterocycles. The van der Waals surface area contributed by atoms with E-state index in [0.717, 1.165) is 17.4 Å². The second kappa shape index (κ2) is 6.37. The molecule has 96 valence electrons. The molecule has 2 aromatic carbocycles. The predicted molar refractivity (Wildman–Crippen MR) is 70.5 cm³/mol. The molecule has 2 rings (SSSR count). The third-order valence-electron chi connectivity index (χ3n) is 2.87. The molecule has 0 aliphatic rings. The van der Waals surface area contributed by atoms with E-state index >= 15 is 0 Å². The van der Waals surface area contributed by atoms with E-state index in [0.29, 0.717) is 11.3 Å². The summed E-state index contributed by atoms with van der Waals surface area (Å²) in [7, 11) is -4.42. The van der Waals surface area contributed by atoms with Gasteiger partial charge in [-0.25, -0.2) is 8.42 Å². The Hall–Kier alpha value is -0.390. The molecule has 0 radical (unpaired) electrons. The molecule has 5 heteroatoms. The number of hydrogen-bond donors (Lipinski definition) is 0. The zero-order valence-corrected chi connectivity index (χ0v) is 14.2. The van der Waals surface area contributed by atoms with Gasteiger partial charge in [-0.3, -0.25) is 0 Å². The van der Waals surface area contributed by atoms with E-state index in [1.165, 1.54) is 6.07 Å². The van der Waals surface area contributed by atoms with Gasteiger partial charge in [0.25, 0.3) is 0 Å². The maximum atomic E-state index is 11.2. The summed E-state index contributed by atoms with van der Waals surface area (Å²) in [6.07, 6.45) is 0.861. The van der Waals surface area contributed by atoms with Crippen LogP contribution in [0.2, 0.25) is 0 Å². The smallest absolute Gasteiger partial charge is 0.744 e. The van der Waals surface area contributed by atoms with Crippen molar-refractivity contribution in [3.63, 3.8) is 0 Å². The van der Waals surface area contributed by atoms with E-state index in [-0.39, 0.29) is 34.5 Å². The van der Waals surface area contributed by atoms with Gasteiger partial charge in [0.1, 0.15) is 10.1 Å². The van der Waals surface area contributed by atoms with Crippen molar-refractivity contribution in [2.24, 2.45) is 5.92 Å². The fourth-order valence-corrected chi connectivity index (χ4v) is 2.85. The summed E-state index contributed by atoms with van der Waals surface area (Å²) in [4.78, 5) is -0.134. The number of hydrogen-bond acceptors (Lipinski definition) is 3. The summed E-state index contributed by atoms with van der Waals surface area (Å²) in [5.41, 5.74) is 1.08. The monoisotopic (exact) mass is 286 g/mol. The van der Waals surface area contributed by atoms with E-state index in [4.69, 9.17) is 0 Å². The van der Waals surface area contributed by atoms with Crippen molar-refractivity contribution >= 4 is 20.9 Å². The van der Waals surface area contributed by atoms with Crippen LogP contribution in [0.4, 0.5) is 0 Å². The minimum absolute atomic E-state index is 0. The molecule has 0 unspecified atom stereocenters. The molecule has 19 heavy (non-hydrogen) atoms. The van der Waals surface area contributed by atoms with Crippen LogP contribution in [-0.2, 0) is 16.5 Å². The second-order valence-corrected chi connectivity index (χ2v) is 6.17. The Morgan fingerprint density at radius 2 is 1.63 bits per heavy atom. The normalized spacial score (nSPS) is 11.6. The topological polar surface area (TPSA) is 57.2 Å². The number of rotatable bonds is 3.